The third-order valence-corrected chi connectivity index (χ3v) is 7.13. The highest BCUT2D eigenvalue weighted by atomic mass is 32.2. The standard InChI is InChI=1S/C23H32N2O6S/c1-28-19-7-8-20(29-2)23(15-19)32(26,27)24-10-5-6-11-25-12-9-17-13-21(30-3)22(31-4)14-18(17)16-25/h7-8,13-15,24H,5-6,9-12,16H2,1-4H3. The van der Waals surface area contributed by atoms with E-state index in [-0.39, 0.29) is 10.6 Å². The molecule has 1 aliphatic rings. The van der Waals surface area contributed by atoms with Gasteiger partial charge in [0.05, 0.1) is 28.4 Å². The molecule has 2 aromatic carbocycles. The van der Waals surface area contributed by atoms with Crippen LogP contribution in [0, 0.1) is 0 Å². The van der Waals surface area contributed by atoms with Gasteiger partial charge in [-0.1, -0.05) is 0 Å². The molecule has 0 bridgehead atoms. The molecule has 0 fully saturated rings. The summed E-state index contributed by atoms with van der Waals surface area (Å²) in [5, 5.41) is 0. The number of rotatable bonds is 11. The number of ether oxygens (including phenoxy) is 4. The van der Waals surface area contributed by atoms with Crippen molar-refractivity contribution in [2.24, 2.45) is 0 Å². The minimum absolute atomic E-state index is 0.0800. The number of benzene rings is 2. The van der Waals surface area contributed by atoms with Gasteiger partial charge in [-0.2, -0.15) is 0 Å². The normalized spacial score (nSPS) is 14.0. The molecule has 0 saturated carbocycles. The zero-order chi connectivity index (χ0) is 23.1. The van der Waals surface area contributed by atoms with Crippen LogP contribution in [-0.4, -0.2) is 61.4 Å². The first-order valence-electron chi connectivity index (χ1n) is 10.6. The summed E-state index contributed by atoms with van der Waals surface area (Å²) in [6.45, 7) is 3.08. The van der Waals surface area contributed by atoms with Crippen molar-refractivity contribution in [1.82, 2.24) is 9.62 Å². The predicted molar refractivity (Wildman–Crippen MR) is 122 cm³/mol. The summed E-state index contributed by atoms with van der Waals surface area (Å²) in [6.07, 6.45) is 2.58. The van der Waals surface area contributed by atoms with Crippen molar-refractivity contribution in [2.45, 2.75) is 30.7 Å². The number of methoxy groups -OCH3 is 4. The molecule has 0 saturated heterocycles. The van der Waals surface area contributed by atoms with Gasteiger partial charge in [0.1, 0.15) is 16.4 Å². The Morgan fingerprint density at radius 1 is 0.875 bits per heavy atom. The maximum atomic E-state index is 12.7. The van der Waals surface area contributed by atoms with Crippen molar-refractivity contribution in [2.75, 3.05) is 48.1 Å². The summed E-state index contributed by atoms with van der Waals surface area (Å²) < 4.78 is 49.3. The van der Waals surface area contributed by atoms with Crippen LogP contribution in [0.1, 0.15) is 24.0 Å². The molecule has 1 aliphatic heterocycles. The van der Waals surface area contributed by atoms with Crippen LogP contribution in [0.4, 0.5) is 0 Å². The Balaban J connectivity index is 1.50. The molecular weight excluding hydrogens is 432 g/mol. The molecule has 0 atom stereocenters. The first-order valence-corrected chi connectivity index (χ1v) is 12.1. The van der Waals surface area contributed by atoms with E-state index in [4.69, 9.17) is 18.9 Å². The summed E-state index contributed by atoms with van der Waals surface area (Å²) in [7, 11) is 2.55. The number of hydrogen-bond donors (Lipinski definition) is 1. The molecule has 176 valence electrons. The molecule has 2 aromatic rings. The number of sulfonamides is 1. The number of unbranched alkanes of at least 4 members (excludes halogenated alkanes) is 1. The fourth-order valence-corrected chi connectivity index (χ4v) is 5.13. The second-order valence-corrected chi connectivity index (χ2v) is 9.36. The summed E-state index contributed by atoms with van der Waals surface area (Å²) in [4.78, 5) is 2.46. The molecule has 0 radical (unpaired) electrons. The SMILES string of the molecule is COc1ccc(OC)c(S(=O)(=O)NCCCCN2CCc3cc(OC)c(OC)cc3C2)c1. The first-order chi connectivity index (χ1) is 15.4. The van der Waals surface area contributed by atoms with E-state index >= 15 is 0 Å². The van der Waals surface area contributed by atoms with E-state index in [1.807, 2.05) is 0 Å². The molecule has 3 rings (SSSR count). The lowest BCUT2D eigenvalue weighted by molar-refractivity contribution is 0.248. The van der Waals surface area contributed by atoms with Crippen LogP contribution >= 0.6 is 0 Å². The van der Waals surface area contributed by atoms with Gasteiger partial charge in [0.15, 0.2) is 11.5 Å². The van der Waals surface area contributed by atoms with Crippen LogP contribution in [0.25, 0.3) is 0 Å². The van der Waals surface area contributed by atoms with Gasteiger partial charge in [-0.05, 0) is 61.2 Å². The van der Waals surface area contributed by atoms with Crippen molar-refractivity contribution in [3.8, 4) is 23.0 Å². The lowest BCUT2D eigenvalue weighted by Gasteiger charge is -2.29. The lowest BCUT2D eigenvalue weighted by atomic mass is 9.98. The van der Waals surface area contributed by atoms with Gasteiger partial charge in [-0.15, -0.1) is 0 Å². The Hall–Kier alpha value is -2.49. The molecule has 8 nitrogen and oxygen atoms in total. The van der Waals surface area contributed by atoms with Gasteiger partial charge >= 0.3 is 0 Å². The number of hydrogen-bond acceptors (Lipinski definition) is 7. The third kappa shape index (κ3) is 5.65. The highest BCUT2D eigenvalue weighted by Crippen LogP contribution is 2.33. The monoisotopic (exact) mass is 464 g/mol. The summed E-state index contributed by atoms with van der Waals surface area (Å²) in [6, 6.07) is 8.84. The third-order valence-electron chi connectivity index (χ3n) is 5.65. The molecule has 0 aliphatic carbocycles. The van der Waals surface area contributed by atoms with E-state index in [0.29, 0.717) is 12.3 Å². The Morgan fingerprint density at radius 3 is 2.22 bits per heavy atom. The molecule has 0 unspecified atom stereocenters. The van der Waals surface area contributed by atoms with Crippen LogP contribution in [-0.2, 0) is 23.0 Å². The molecule has 32 heavy (non-hydrogen) atoms. The minimum Gasteiger partial charge on any atom is -0.497 e. The van der Waals surface area contributed by atoms with E-state index in [1.54, 1.807) is 26.4 Å². The second-order valence-electron chi connectivity index (χ2n) is 7.62. The summed E-state index contributed by atoms with van der Waals surface area (Å²) in [5.41, 5.74) is 2.54. The largest absolute Gasteiger partial charge is 0.497 e. The number of nitrogens with one attached hydrogen (secondary N) is 1. The predicted octanol–water partition coefficient (Wildman–Crippen LogP) is 2.84. The van der Waals surface area contributed by atoms with Gasteiger partial charge in [-0.25, -0.2) is 13.1 Å². The highest BCUT2D eigenvalue weighted by Gasteiger charge is 2.21. The zero-order valence-corrected chi connectivity index (χ0v) is 20.0. The topological polar surface area (TPSA) is 86.3 Å². The number of nitrogens with zero attached hydrogens (tertiary/aromatic N) is 1. The molecule has 0 aromatic heterocycles. The second kappa shape index (κ2) is 10.9. The fraction of sp³-hybridized carbons (Fsp3) is 0.478. The van der Waals surface area contributed by atoms with Crippen molar-refractivity contribution in [3.05, 3.63) is 41.5 Å². The maximum absolute atomic E-state index is 12.7. The minimum atomic E-state index is -3.69. The zero-order valence-electron chi connectivity index (χ0n) is 19.1. The molecule has 0 spiro atoms. The van der Waals surface area contributed by atoms with Gasteiger partial charge in [0.2, 0.25) is 10.0 Å². The fourth-order valence-electron chi connectivity index (χ4n) is 3.87. The first kappa shape index (κ1) is 24.2. The van der Waals surface area contributed by atoms with E-state index in [0.717, 1.165) is 50.4 Å². The molecule has 1 N–H and O–H groups in total. The Kier molecular flexibility index (Phi) is 8.22. The molecule has 0 amide bonds. The quantitative estimate of drug-likeness (QED) is 0.512. The molecule has 9 heteroatoms. The van der Waals surface area contributed by atoms with E-state index in [9.17, 15) is 8.42 Å². The van der Waals surface area contributed by atoms with Gasteiger partial charge < -0.3 is 18.9 Å². The summed E-state index contributed by atoms with van der Waals surface area (Å²) >= 11 is 0. The maximum Gasteiger partial charge on any atom is 0.244 e. The lowest BCUT2D eigenvalue weighted by Crippen LogP contribution is -2.32. The molecule has 1 heterocycles. The van der Waals surface area contributed by atoms with Crippen LogP contribution < -0.4 is 23.7 Å². The van der Waals surface area contributed by atoms with Crippen molar-refractivity contribution in [1.29, 1.82) is 0 Å². The highest BCUT2D eigenvalue weighted by molar-refractivity contribution is 7.89. The van der Waals surface area contributed by atoms with E-state index < -0.39 is 10.0 Å². The Labute approximate surface area is 190 Å². The average molecular weight is 465 g/mol. The van der Waals surface area contributed by atoms with Crippen molar-refractivity contribution < 1.29 is 27.4 Å². The van der Waals surface area contributed by atoms with Crippen LogP contribution in [0.15, 0.2) is 35.2 Å². The van der Waals surface area contributed by atoms with Gasteiger partial charge in [0, 0.05) is 25.7 Å². The van der Waals surface area contributed by atoms with Crippen LogP contribution in [0.3, 0.4) is 0 Å². The van der Waals surface area contributed by atoms with Crippen molar-refractivity contribution in [3.63, 3.8) is 0 Å². The average Bonchev–Trinajstić information content (AvgIpc) is 2.82. The van der Waals surface area contributed by atoms with Crippen molar-refractivity contribution >= 4 is 10.0 Å². The Morgan fingerprint density at radius 2 is 1.56 bits per heavy atom. The number of fused-ring (bicyclic) bond motifs is 1. The van der Waals surface area contributed by atoms with Gasteiger partial charge in [-0.3, -0.25) is 4.90 Å². The van der Waals surface area contributed by atoms with E-state index in [1.165, 1.54) is 31.4 Å². The van der Waals surface area contributed by atoms with Crippen LogP contribution in [0.5, 0.6) is 23.0 Å². The molecular formula is C23H32N2O6S. The van der Waals surface area contributed by atoms with Gasteiger partial charge in [0.25, 0.3) is 0 Å². The van der Waals surface area contributed by atoms with E-state index in [2.05, 4.69) is 21.8 Å². The van der Waals surface area contributed by atoms with Crippen LogP contribution in [0.2, 0.25) is 0 Å². The smallest absolute Gasteiger partial charge is 0.244 e. The summed E-state index contributed by atoms with van der Waals surface area (Å²) in [5.74, 6) is 2.26. The Bertz CT molecular complexity index is 1030.